The van der Waals surface area contributed by atoms with Crippen LogP contribution in [0.25, 0.3) is 0 Å². The minimum atomic E-state index is -0.897. The molecule has 0 saturated carbocycles. The van der Waals surface area contributed by atoms with Crippen LogP contribution >= 0.6 is 0 Å². The van der Waals surface area contributed by atoms with E-state index in [-0.39, 0.29) is 49.1 Å². The van der Waals surface area contributed by atoms with E-state index in [0.717, 1.165) is 70.6 Å². The predicted octanol–water partition coefficient (Wildman–Crippen LogP) is 13.0. The number of carboxylic acid groups (broad SMARTS) is 1. The van der Waals surface area contributed by atoms with Gasteiger partial charge < -0.3 is 23.8 Å². The van der Waals surface area contributed by atoms with E-state index in [1.807, 2.05) is 33.3 Å². The molecule has 0 aromatic heterocycles. The zero-order chi connectivity index (χ0) is 44.9. The lowest BCUT2D eigenvalue weighted by Gasteiger charge is -2.31. The van der Waals surface area contributed by atoms with Gasteiger partial charge >= 0.3 is 17.9 Å². The summed E-state index contributed by atoms with van der Waals surface area (Å²) in [4.78, 5) is 37.0. The van der Waals surface area contributed by atoms with Gasteiger partial charge in [-0.25, -0.2) is 4.79 Å². The zero-order valence-corrected chi connectivity index (χ0v) is 38.8. The number of hydrogen-bond acceptors (Lipinski definition) is 6. The number of likely N-dealkylation sites (N-methyl/N-ethyl adjacent to an activating group) is 1. The maximum absolute atomic E-state index is 12.7. The number of ether oxygens (including phenoxy) is 3. The second kappa shape index (κ2) is 42.4. The largest absolute Gasteiger partial charge is 0.477 e. The third kappa shape index (κ3) is 40.9. The van der Waals surface area contributed by atoms with Crippen LogP contribution in [0.1, 0.15) is 142 Å². The number of rotatable bonds is 39. The number of unbranched alkanes of at least 4 members (excludes halogenated alkanes) is 5. The third-order valence-electron chi connectivity index (χ3n) is 9.36. The summed E-state index contributed by atoms with van der Waals surface area (Å²) in [6.45, 7) is 4.44. The van der Waals surface area contributed by atoms with Crippen molar-refractivity contribution >= 4 is 17.9 Å². The van der Waals surface area contributed by atoms with Crippen LogP contribution in [0.4, 0.5) is 0 Å². The first-order valence-electron chi connectivity index (χ1n) is 23.1. The molecule has 0 aliphatic carbocycles. The van der Waals surface area contributed by atoms with Gasteiger partial charge in [0.05, 0.1) is 34.4 Å². The Bertz CT molecular complexity index is 1400. The second-order valence-electron chi connectivity index (χ2n) is 15.9. The van der Waals surface area contributed by atoms with E-state index in [2.05, 4.69) is 123 Å². The molecule has 8 nitrogen and oxygen atoms in total. The topological polar surface area (TPSA) is 99.1 Å². The minimum absolute atomic E-state index is 0.0114. The molecule has 2 unspecified atom stereocenters. The Morgan fingerprint density at radius 3 is 1.36 bits per heavy atom. The first-order chi connectivity index (χ1) is 29.6. The second-order valence-corrected chi connectivity index (χ2v) is 15.9. The van der Waals surface area contributed by atoms with E-state index in [0.29, 0.717) is 19.3 Å². The van der Waals surface area contributed by atoms with Crippen LogP contribution in [0.3, 0.4) is 0 Å². The van der Waals surface area contributed by atoms with Gasteiger partial charge in [0, 0.05) is 19.3 Å². The van der Waals surface area contributed by atoms with Crippen LogP contribution < -0.4 is 0 Å². The first kappa shape index (κ1) is 56.7. The lowest BCUT2D eigenvalue weighted by Crippen LogP contribution is -2.50. The summed E-state index contributed by atoms with van der Waals surface area (Å²) < 4.78 is 17.2. The summed E-state index contributed by atoms with van der Waals surface area (Å²) >= 11 is 0. The highest BCUT2D eigenvalue weighted by atomic mass is 16.6. The summed E-state index contributed by atoms with van der Waals surface area (Å²) in [5.74, 6) is -1.65. The molecule has 0 bridgehead atoms. The molecule has 0 fully saturated rings. The van der Waals surface area contributed by atoms with Crippen molar-refractivity contribution in [3.63, 3.8) is 0 Å². The van der Waals surface area contributed by atoms with Crippen LogP contribution in [-0.2, 0) is 28.6 Å². The molecule has 0 radical (unpaired) electrons. The molecule has 0 heterocycles. The molecule has 0 aromatic carbocycles. The number of hydrogen-bond donors (Lipinski definition) is 1. The van der Waals surface area contributed by atoms with Gasteiger partial charge in [0.25, 0.3) is 0 Å². The van der Waals surface area contributed by atoms with Gasteiger partial charge in [0.2, 0.25) is 0 Å². The predicted molar refractivity (Wildman–Crippen MR) is 256 cm³/mol. The number of nitrogens with zero attached hydrogens (tertiary/aromatic N) is 1. The SMILES string of the molecule is CC/C=C/C/C=C/C/C=C/C/C=C/C/C=C/CCC(=O)OCC(COCCC(C(=O)O)[N+](C)(C)C)OC(=O)CCCC/C=C/C/C=C/C/C=C/C/C=C/C/C=C/CCCCC. The van der Waals surface area contributed by atoms with Gasteiger partial charge in [-0.05, 0) is 96.3 Å². The maximum atomic E-state index is 12.7. The fourth-order valence-corrected chi connectivity index (χ4v) is 5.80. The molecule has 1 N–H and O–H groups in total. The Morgan fingerprint density at radius 2 is 0.934 bits per heavy atom. The lowest BCUT2D eigenvalue weighted by atomic mass is 10.1. The zero-order valence-electron chi connectivity index (χ0n) is 38.8. The fraction of sp³-hybridized carbons (Fsp3) is 0.566. The van der Waals surface area contributed by atoms with Crippen molar-refractivity contribution in [2.24, 2.45) is 0 Å². The number of quaternary nitrogens is 1. The smallest absolute Gasteiger partial charge is 0.362 e. The lowest BCUT2D eigenvalue weighted by molar-refractivity contribution is -0.887. The Balaban J connectivity index is 4.54. The summed E-state index contributed by atoms with van der Waals surface area (Å²) in [5, 5.41) is 9.63. The summed E-state index contributed by atoms with van der Waals surface area (Å²) in [7, 11) is 5.47. The van der Waals surface area contributed by atoms with Crippen molar-refractivity contribution in [2.45, 2.75) is 154 Å². The Hall–Kier alpha value is -4.27. The number of aliphatic carboxylic acids is 1. The molecular formula is C53H84NO7+. The normalized spacial score (nSPS) is 14.0. The fourth-order valence-electron chi connectivity index (χ4n) is 5.80. The molecule has 0 aliphatic heterocycles. The molecule has 0 amide bonds. The molecule has 0 rings (SSSR count). The number of esters is 2. The van der Waals surface area contributed by atoms with Crippen LogP contribution in [-0.4, -0.2) is 80.6 Å². The third-order valence-corrected chi connectivity index (χ3v) is 9.36. The highest BCUT2D eigenvalue weighted by Gasteiger charge is 2.31. The van der Waals surface area contributed by atoms with Gasteiger partial charge in [-0.15, -0.1) is 0 Å². The number of carbonyl (C=O) groups excluding carboxylic acids is 2. The highest BCUT2D eigenvalue weighted by molar-refractivity contribution is 5.72. The van der Waals surface area contributed by atoms with Gasteiger partial charge in [-0.2, -0.15) is 0 Å². The van der Waals surface area contributed by atoms with E-state index < -0.39 is 18.1 Å². The van der Waals surface area contributed by atoms with Crippen LogP contribution in [0.5, 0.6) is 0 Å². The van der Waals surface area contributed by atoms with E-state index in [1.54, 1.807) is 0 Å². The number of carbonyl (C=O) groups is 3. The van der Waals surface area contributed by atoms with Crippen LogP contribution in [0.2, 0.25) is 0 Å². The average Bonchev–Trinajstić information content (AvgIpc) is 3.22. The van der Waals surface area contributed by atoms with E-state index >= 15 is 0 Å². The molecule has 0 aliphatic rings. The van der Waals surface area contributed by atoms with Crippen molar-refractivity contribution in [2.75, 3.05) is 41.0 Å². The van der Waals surface area contributed by atoms with Crippen molar-refractivity contribution < 1.29 is 38.2 Å². The Labute approximate surface area is 371 Å². The van der Waals surface area contributed by atoms with Crippen molar-refractivity contribution in [3.8, 4) is 0 Å². The molecular weight excluding hydrogens is 763 g/mol. The van der Waals surface area contributed by atoms with E-state index in [4.69, 9.17) is 14.2 Å². The van der Waals surface area contributed by atoms with Crippen molar-refractivity contribution in [3.05, 3.63) is 122 Å². The Kier molecular flexibility index (Phi) is 39.5. The monoisotopic (exact) mass is 847 g/mol. The summed E-state index contributed by atoms with van der Waals surface area (Å²) in [6.07, 6.45) is 59.8. The molecule has 61 heavy (non-hydrogen) atoms. The molecule has 0 saturated heterocycles. The van der Waals surface area contributed by atoms with Gasteiger partial charge in [-0.1, -0.05) is 148 Å². The first-order valence-corrected chi connectivity index (χ1v) is 23.1. The van der Waals surface area contributed by atoms with Crippen molar-refractivity contribution in [1.82, 2.24) is 0 Å². The molecule has 8 heteroatoms. The standard InChI is InChI=1S/C53H83NO7/c1-6-8-10-12-14-16-18-20-22-24-25-26-27-28-30-32-34-36-38-40-42-44-52(56)61-49(47-59-46-45-50(53(57)58)54(3,4)5)48-60-51(55)43-41-39-37-35-33-31-29-23-21-19-17-15-13-11-9-7-2/h9,11,14-17,20-23,25-26,28,30-31,33-34,36-37,39,49-50H,6-8,10,12-13,18-19,24,27,29,32,35,38,40-48H2,1-5H3/p+1/b11-9+,16-14+,17-15+,22-20+,23-21+,26-25+,30-28+,33-31+,36-34+,39-37+. The minimum Gasteiger partial charge on any atom is -0.477 e. The number of carboxylic acids is 1. The number of allylic oxidation sites excluding steroid dienone is 20. The van der Waals surface area contributed by atoms with Crippen LogP contribution in [0.15, 0.2) is 122 Å². The molecule has 342 valence electrons. The Morgan fingerprint density at radius 1 is 0.508 bits per heavy atom. The van der Waals surface area contributed by atoms with Crippen LogP contribution in [0, 0.1) is 0 Å². The van der Waals surface area contributed by atoms with E-state index in [9.17, 15) is 19.5 Å². The summed E-state index contributed by atoms with van der Waals surface area (Å²) in [6, 6.07) is -0.641. The highest BCUT2D eigenvalue weighted by Crippen LogP contribution is 2.11. The van der Waals surface area contributed by atoms with E-state index in [1.165, 1.54) is 25.7 Å². The summed E-state index contributed by atoms with van der Waals surface area (Å²) in [5.41, 5.74) is 0. The average molecular weight is 847 g/mol. The quantitative estimate of drug-likeness (QED) is 0.0285. The molecule has 0 aromatic rings. The van der Waals surface area contributed by atoms with Gasteiger partial charge in [0.15, 0.2) is 12.1 Å². The van der Waals surface area contributed by atoms with Gasteiger partial charge in [-0.3, -0.25) is 9.59 Å². The van der Waals surface area contributed by atoms with Gasteiger partial charge in [0.1, 0.15) is 6.61 Å². The van der Waals surface area contributed by atoms with Crippen molar-refractivity contribution in [1.29, 1.82) is 0 Å². The molecule has 2 atom stereocenters. The molecule has 0 spiro atoms. The maximum Gasteiger partial charge on any atom is 0.362 e.